The number of ether oxygens (including phenoxy) is 4. The summed E-state index contributed by atoms with van der Waals surface area (Å²) in [4.78, 5) is 28.1. The average Bonchev–Trinajstić information content (AvgIpc) is 3.07. The number of rotatable bonds is 7. The third-order valence-electron chi connectivity index (χ3n) is 3.91. The van der Waals surface area contributed by atoms with Crippen LogP contribution in [0, 0.1) is 0 Å². The molecule has 0 unspecified atom stereocenters. The Bertz CT molecular complexity index is 1030. The lowest BCUT2D eigenvalue weighted by atomic mass is 10.1. The van der Waals surface area contributed by atoms with E-state index in [0.717, 1.165) is 4.47 Å². The highest BCUT2D eigenvalue weighted by atomic mass is 79.9. The van der Waals surface area contributed by atoms with Gasteiger partial charge in [0, 0.05) is 10.0 Å². The van der Waals surface area contributed by atoms with Gasteiger partial charge in [0.25, 0.3) is 0 Å². The molecule has 1 aliphatic heterocycles. The highest BCUT2D eigenvalue weighted by Crippen LogP contribution is 2.37. The van der Waals surface area contributed by atoms with Crippen LogP contribution in [0.3, 0.4) is 0 Å². The van der Waals surface area contributed by atoms with Crippen LogP contribution < -0.4 is 9.47 Å². The fourth-order valence-electron chi connectivity index (χ4n) is 2.58. The second kappa shape index (κ2) is 9.90. The number of methoxy groups -OCH3 is 1. The third-order valence-corrected chi connectivity index (χ3v) is 5.02. The van der Waals surface area contributed by atoms with Gasteiger partial charge in [0.1, 0.15) is 0 Å². The Morgan fingerprint density at radius 1 is 1.20 bits per heavy atom. The summed E-state index contributed by atoms with van der Waals surface area (Å²) in [6.07, 6.45) is 1.58. The zero-order valence-corrected chi connectivity index (χ0v) is 19.3. The second-order valence-electron chi connectivity index (χ2n) is 5.97. The minimum atomic E-state index is -0.550. The maximum absolute atomic E-state index is 12.2. The number of carbonyl (C=O) groups excluding carboxylic acids is 2. The van der Waals surface area contributed by atoms with E-state index in [1.54, 1.807) is 37.3 Å². The van der Waals surface area contributed by atoms with Gasteiger partial charge in [-0.25, -0.2) is 14.6 Å². The number of carbonyl (C=O) groups is 2. The Kier molecular flexibility index (Phi) is 7.28. The normalized spacial score (nSPS) is 14.3. The smallest absolute Gasteiger partial charge is 0.363 e. The van der Waals surface area contributed by atoms with Crippen LogP contribution in [0.1, 0.15) is 18.1 Å². The average molecular weight is 539 g/mol. The summed E-state index contributed by atoms with van der Waals surface area (Å²) >= 11 is 6.77. The van der Waals surface area contributed by atoms with Crippen LogP contribution in [0.15, 0.2) is 56.0 Å². The molecule has 156 valence electrons. The zero-order valence-electron chi connectivity index (χ0n) is 16.1. The zero-order chi connectivity index (χ0) is 21.7. The second-order valence-corrected chi connectivity index (χ2v) is 7.74. The van der Waals surface area contributed by atoms with Gasteiger partial charge in [-0.1, -0.05) is 15.9 Å². The molecule has 0 radical (unpaired) electrons. The van der Waals surface area contributed by atoms with Crippen molar-refractivity contribution in [3.05, 3.63) is 62.2 Å². The van der Waals surface area contributed by atoms with E-state index in [1.165, 1.54) is 7.11 Å². The van der Waals surface area contributed by atoms with Gasteiger partial charge in [-0.15, -0.1) is 0 Å². The summed E-state index contributed by atoms with van der Waals surface area (Å²) in [7, 11) is 1.48. The van der Waals surface area contributed by atoms with E-state index in [9.17, 15) is 9.59 Å². The fourth-order valence-corrected chi connectivity index (χ4v) is 3.42. The molecule has 0 N–H and O–H groups in total. The quantitative estimate of drug-likeness (QED) is 0.381. The monoisotopic (exact) mass is 537 g/mol. The van der Waals surface area contributed by atoms with Crippen LogP contribution in [-0.2, 0) is 19.1 Å². The Labute approximate surface area is 189 Å². The number of benzene rings is 2. The lowest BCUT2D eigenvalue weighted by Gasteiger charge is -2.13. The lowest BCUT2D eigenvalue weighted by Crippen LogP contribution is -2.15. The van der Waals surface area contributed by atoms with E-state index in [1.807, 2.05) is 12.1 Å². The van der Waals surface area contributed by atoms with Crippen molar-refractivity contribution in [2.45, 2.75) is 6.92 Å². The largest absolute Gasteiger partial charge is 0.493 e. The molecule has 30 heavy (non-hydrogen) atoms. The third kappa shape index (κ3) is 5.28. The number of aliphatic imine (C=N–C) groups is 1. The molecule has 0 atom stereocenters. The van der Waals surface area contributed by atoms with E-state index in [2.05, 4.69) is 36.9 Å². The topological polar surface area (TPSA) is 83.4 Å². The van der Waals surface area contributed by atoms with Crippen molar-refractivity contribution in [2.75, 3.05) is 20.3 Å². The van der Waals surface area contributed by atoms with Crippen molar-refractivity contribution in [3.63, 3.8) is 0 Å². The first-order valence-corrected chi connectivity index (χ1v) is 10.4. The molecule has 0 fully saturated rings. The van der Waals surface area contributed by atoms with Gasteiger partial charge in [-0.3, -0.25) is 0 Å². The van der Waals surface area contributed by atoms with Crippen molar-refractivity contribution in [1.82, 2.24) is 0 Å². The van der Waals surface area contributed by atoms with Gasteiger partial charge in [0.15, 0.2) is 23.8 Å². The van der Waals surface area contributed by atoms with E-state index >= 15 is 0 Å². The van der Waals surface area contributed by atoms with Crippen molar-refractivity contribution in [2.24, 2.45) is 4.99 Å². The molecule has 0 saturated carbocycles. The van der Waals surface area contributed by atoms with E-state index in [4.69, 9.17) is 18.9 Å². The highest BCUT2D eigenvalue weighted by Gasteiger charge is 2.24. The predicted octanol–water partition coefficient (Wildman–Crippen LogP) is 4.51. The molecular formula is C21H17Br2NO6. The number of hydrogen-bond donors (Lipinski definition) is 0. The van der Waals surface area contributed by atoms with Crippen molar-refractivity contribution in [3.8, 4) is 11.5 Å². The molecule has 0 amide bonds. The maximum Gasteiger partial charge on any atom is 0.363 e. The van der Waals surface area contributed by atoms with Crippen LogP contribution in [0.4, 0.5) is 0 Å². The molecule has 0 aromatic heterocycles. The minimum absolute atomic E-state index is 0.155. The first-order valence-electron chi connectivity index (χ1n) is 8.85. The number of hydrogen-bond acceptors (Lipinski definition) is 7. The molecule has 2 aromatic rings. The Morgan fingerprint density at radius 2 is 1.93 bits per heavy atom. The number of halogens is 2. The molecule has 2 aromatic carbocycles. The van der Waals surface area contributed by atoms with Gasteiger partial charge in [0.2, 0.25) is 5.90 Å². The molecule has 1 heterocycles. The molecule has 3 rings (SSSR count). The van der Waals surface area contributed by atoms with Crippen LogP contribution in [0.2, 0.25) is 0 Å². The molecule has 0 spiro atoms. The maximum atomic E-state index is 12.2. The van der Waals surface area contributed by atoms with Crippen molar-refractivity contribution in [1.29, 1.82) is 0 Å². The number of esters is 2. The Morgan fingerprint density at radius 3 is 2.60 bits per heavy atom. The lowest BCUT2D eigenvalue weighted by molar-refractivity contribution is -0.145. The minimum Gasteiger partial charge on any atom is -0.493 e. The van der Waals surface area contributed by atoms with Crippen LogP contribution in [-0.4, -0.2) is 38.2 Å². The van der Waals surface area contributed by atoms with Crippen LogP contribution >= 0.6 is 31.9 Å². The molecule has 0 saturated heterocycles. The summed E-state index contributed by atoms with van der Waals surface area (Å²) in [5.41, 5.74) is 1.48. The van der Waals surface area contributed by atoms with Gasteiger partial charge in [-0.05, 0) is 70.9 Å². The van der Waals surface area contributed by atoms with Gasteiger partial charge in [-0.2, -0.15) is 0 Å². The predicted molar refractivity (Wildman–Crippen MR) is 118 cm³/mol. The van der Waals surface area contributed by atoms with E-state index in [-0.39, 0.29) is 24.8 Å². The Balaban J connectivity index is 1.85. The van der Waals surface area contributed by atoms with Gasteiger partial charge < -0.3 is 18.9 Å². The fraction of sp³-hybridized carbons (Fsp3) is 0.190. The summed E-state index contributed by atoms with van der Waals surface area (Å²) in [5, 5.41) is 0. The number of nitrogens with zero attached hydrogens (tertiary/aromatic N) is 1. The molecule has 7 nitrogen and oxygen atoms in total. The summed E-state index contributed by atoms with van der Waals surface area (Å²) < 4.78 is 22.5. The van der Waals surface area contributed by atoms with Crippen molar-refractivity contribution < 1.29 is 28.5 Å². The van der Waals surface area contributed by atoms with Gasteiger partial charge in [0.05, 0.1) is 18.2 Å². The summed E-state index contributed by atoms with van der Waals surface area (Å²) in [5.74, 6) is -0.0734. The molecule has 0 aliphatic carbocycles. The van der Waals surface area contributed by atoms with Crippen LogP contribution in [0.25, 0.3) is 6.08 Å². The summed E-state index contributed by atoms with van der Waals surface area (Å²) in [6, 6.07) is 10.7. The molecule has 0 bridgehead atoms. The highest BCUT2D eigenvalue weighted by molar-refractivity contribution is 9.10. The molecular weight excluding hydrogens is 522 g/mol. The Hall–Kier alpha value is -2.65. The van der Waals surface area contributed by atoms with Gasteiger partial charge >= 0.3 is 11.9 Å². The van der Waals surface area contributed by atoms with E-state index < -0.39 is 11.9 Å². The molecule has 1 aliphatic rings. The van der Waals surface area contributed by atoms with Crippen LogP contribution in [0.5, 0.6) is 11.5 Å². The van der Waals surface area contributed by atoms with E-state index in [0.29, 0.717) is 27.1 Å². The first kappa shape index (κ1) is 22.0. The standard InChI is InChI=1S/C21H17Br2NO6/c1-3-28-18(25)11-29-19-15(23)8-12(10-17(19)27-2)9-16-21(26)30-20(24-16)13-4-6-14(22)7-5-13/h4-10H,3,11H2,1-2H3/b16-9-. The molecule has 9 heteroatoms. The summed E-state index contributed by atoms with van der Waals surface area (Å²) in [6.45, 7) is 1.73. The van der Waals surface area contributed by atoms with Crippen molar-refractivity contribution >= 4 is 55.8 Å². The SMILES string of the molecule is CCOC(=O)COc1c(Br)cc(/C=C2\N=C(c3ccc(Br)cc3)OC2=O)cc1OC. The number of cyclic esters (lactones) is 1. The first-order chi connectivity index (χ1) is 14.4.